The van der Waals surface area contributed by atoms with E-state index in [4.69, 9.17) is 11.6 Å². The van der Waals surface area contributed by atoms with Crippen LogP contribution in [0.4, 0.5) is 0 Å². The number of hydrogen-bond acceptors (Lipinski definition) is 1. The minimum atomic E-state index is -2.23. The summed E-state index contributed by atoms with van der Waals surface area (Å²) in [6.45, 7) is 0. The molecule has 4 rings (SSSR count). The van der Waals surface area contributed by atoms with Gasteiger partial charge in [-0.1, -0.05) is 0 Å². The molecule has 0 saturated carbocycles. The molecular weight excluding hydrogens is 419 g/mol. The van der Waals surface area contributed by atoms with Gasteiger partial charge in [0.05, 0.1) is 0 Å². The van der Waals surface area contributed by atoms with Gasteiger partial charge in [0.1, 0.15) is 0 Å². The molecule has 4 aromatic rings. The zero-order valence-electron chi connectivity index (χ0n) is 17.5. The van der Waals surface area contributed by atoms with Crippen molar-refractivity contribution in [1.29, 1.82) is 0 Å². The van der Waals surface area contributed by atoms with Gasteiger partial charge in [-0.15, -0.1) is 0 Å². The number of halogens is 1. The van der Waals surface area contributed by atoms with Crippen molar-refractivity contribution in [2.75, 3.05) is 6.16 Å². The Hall–Kier alpha value is -2.44. The molecule has 31 heavy (non-hydrogen) atoms. The fourth-order valence-electron chi connectivity index (χ4n) is 4.51. The van der Waals surface area contributed by atoms with Crippen molar-refractivity contribution in [2.24, 2.45) is 0 Å². The van der Waals surface area contributed by atoms with Crippen LogP contribution >= 0.6 is 18.9 Å². The zero-order valence-corrected chi connectivity index (χ0v) is 19.2. The molecule has 0 aliphatic heterocycles. The summed E-state index contributed by atoms with van der Waals surface area (Å²) < 4.78 is 0. The van der Waals surface area contributed by atoms with Crippen LogP contribution in [0.2, 0.25) is 5.02 Å². The van der Waals surface area contributed by atoms with Crippen LogP contribution in [-0.4, -0.2) is 11.3 Å². The Balaban J connectivity index is 1.69. The van der Waals surface area contributed by atoms with Crippen molar-refractivity contribution in [3.05, 3.63) is 126 Å². The quantitative estimate of drug-likeness (QED) is 0.335. The van der Waals surface area contributed by atoms with Crippen molar-refractivity contribution in [2.45, 2.75) is 18.9 Å². The molecule has 0 radical (unpaired) electrons. The van der Waals surface area contributed by atoms with Gasteiger partial charge >= 0.3 is 191 Å². The van der Waals surface area contributed by atoms with Crippen LogP contribution in [0.25, 0.3) is 0 Å². The van der Waals surface area contributed by atoms with E-state index in [1.807, 2.05) is 24.3 Å². The SMILES string of the molecule is OC(CCC[PH](c1ccccc1)(c1ccccc1)c1ccccc1)c1ccc(Cl)cc1. The van der Waals surface area contributed by atoms with Crippen molar-refractivity contribution in [3.8, 4) is 0 Å². The van der Waals surface area contributed by atoms with Gasteiger partial charge in [0.25, 0.3) is 0 Å². The van der Waals surface area contributed by atoms with Gasteiger partial charge in [-0.05, 0) is 0 Å². The van der Waals surface area contributed by atoms with Crippen LogP contribution in [0.1, 0.15) is 24.5 Å². The Morgan fingerprint density at radius 3 is 1.45 bits per heavy atom. The van der Waals surface area contributed by atoms with Gasteiger partial charge in [-0.25, -0.2) is 0 Å². The third-order valence-corrected chi connectivity index (χ3v) is 11.4. The molecule has 0 aliphatic carbocycles. The van der Waals surface area contributed by atoms with Crippen molar-refractivity contribution >= 4 is 34.8 Å². The van der Waals surface area contributed by atoms with E-state index < -0.39 is 13.4 Å². The first-order chi connectivity index (χ1) is 15.2. The Morgan fingerprint density at radius 1 is 0.613 bits per heavy atom. The summed E-state index contributed by atoms with van der Waals surface area (Å²) in [4.78, 5) is 0. The molecule has 1 unspecified atom stereocenters. The van der Waals surface area contributed by atoms with E-state index in [0.29, 0.717) is 5.02 Å². The number of aliphatic hydroxyl groups excluding tert-OH is 1. The molecule has 1 N–H and O–H groups in total. The van der Waals surface area contributed by atoms with E-state index in [1.54, 1.807) is 0 Å². The first-order valence-corrected chi connectivity index (χ1v) is 13.4. The second-order valence-corrected chi connectivity index (χ2v) is 12.4. The van der Waals surface area contributed by atoms with E-state index in [1.165, 1.54) is 15.9 Å². The molecule has 0 heterocycles. The van der Waals surface area contributed by atoms with Gasteiger partial charge in [0.2, 0.25) is 0 Å². The zero-order chi connectivity index (χ0) is 21.5. The van der Waals surface area contributed by atoms with E-state index >= 15 is 0 Å². The number of aliphatic hydroxyl groups is 1. The molecule has 3 heteroatoms. The summed E-state index contributed by atoms with van der Waals surface area (Å²) >= 11 is 6.01. The Labute approximate surface area is 190 Å². The molecule has 0 saturated heterocycles. The maximum absolute atomic E-state index is 10.8. The maximum atomic E-state index is 10.8. The van der Waals surface area contributed by atoms with Crippen LogP contribution in [0, 0.1) is 0 Å². The topological polar surface area (TPSA) is 20.2 Å². The number of hydrogen-bond donors (Lipinski definition) is 1. The Morgan fingerprint density at radius 2 is 1.03 bits per heavy atom. The van der Waals surface area contributed by atoms with Crippen LogP contribution in [-0.2, 0) is 0 Å². The van der Waals surface area contributed by atoms with E-state index in [0.717, 1.165) is 24.6 Å². The van der Waals surface area contributed by atoms with Crippen LogP contribution in [0.5, 0.6) is 0 Å². The molecule has 4 aromatic carbocycles. The van der Waals surface area contributed by atoms with E-state index in [9.17, 15) is 5.11 Å². The standard InChI is InChI=1S/C28H28ClOP/c29-24-20-18-23(19-21-24)28(30)17-10-22-31(25-11-4-1-5-12-25,26-13-6-2-7-14-26)27-15-8-3-9-16-27/h1-9,11-16,18-21,28,30-31H,10,17,22H2. The molecule has 1 atom stereocenters. The fraction of sp³-hybridized carbons (Fsp3) is 0.143. The average molecular weight is 447 g/mol. The predicted octanol–water partition coefficient (Wildman–Crippen LogP) is 5.88. The van der Waals surface area contributed by atoms with Gasteiger partial charge in [0.15, 0.2) is 0 Å². The Kier molecular flexibility index (Phi) is 7.20. The molecule has 0 fully saturated rings. The fourth-order valence-corrected chi connectivity index (χ4v) is 9.52. The number of benzene rings is 4. The second kappa shape index (κ2) is 10.2. The summed E-state index contributed by atoms with van der Waals surface area (Å²) in [5, 5.41) is 15.7. The summed E-state index contributed by atoms with van der Waals surface area (Å²) in [6, 6.07) is 40.3. The predicted molar refractivity (Wildman–Crippen MR) is 137 cm³/mol. The summed E-state index contributed by atoms with van der Waals surface area (Å²) in [5.41, 5.74) is 0.927. The monoisotopic (exact) mass is 446 g/mol. The van der Waals surface area contributed by atoms with Gasteiger partial charge in [0, 0.05) is 0 Å². The summed E-state index contributed by atoms with van der Waals surface area (Å²) in [5.74, 6) is 0. The van der Waals surface area contributed by atoms with Crippen molar-refractivity contribution in [3.63, 3.8) is 0 Å². The second-order valence-electron chi connectivity index (χ2n) is 7.96. The molecule has 0 bridgehead atoms. The van der Waals surface area contributed by atoms with Gasteiger partial charge in [-0.3, -0.25) is 0 Å². The van der Waals surface area contributed by atoms with E-state index in [-0.39, 0.29) is 0 Å². The molecular formula is C28H28ClOP. The van der Waals surface area contributed by atoms with Crippen molar-refractivity contribution in [1.82, 2.24) is 0 Å². The molecule has 158 valence electrons. The first kappa shape index (κ1) is 21.8. The number of rotatable bonds is 8. The average Bonchev–Trinajstić information content (AvgIpc) is 2.84. The van der Waals surface area contributed by atoms with Crippen LogP contribution in [0.15, 0.2) is 115 Å². The summed E-state index contributed by atoms with van der Waals surface area (Å²) in [6.07, 6.45) is 2.22. The van der Waals surface area contributed by atoms with E-state index in [2.05, 4.69) is 91.0 Å². The molecule has 1 nitrogen and oxygen atoms in total. The van der Waals surface area contributed by atoms with Crippen LogP contribution < -0.4 is 15.9 Å². The van der Waals surface area contributed by atoms with Crippen molar-refractivity contribution < 1.29 is 5.11 Å². The molecule has 0 aromatic heterocycles. The molecule has 0 amide bonds. The summed E-state index contributed by atoms with van der Waals surface area (Å²) in [7, 11) is -2.23. The molecule has 0 spiro atoms. The van der Waals surface area contributed by atoms with Crippen LogP contribution in [0.3, 0.4) is 0 Å². The van der Waals surface area contributed by atoms with Gasteiger partial charge in [-0.2, -0.15) is 0 Å². The molecule has 0 aliphatic rings. The van der Waals surface area contributed by atoms with Gasteiger partial charge < -0.3 is 0 Å². The minimum absolute atomic E-state index is 0.480. The third kappa shape index (κ3) is 4.91. The Bertz CT molecular complexity index is 970. The normalized spacial score (nSPS) is 13.0. The first-order valence-electron chi connectivity index (χ1n) is 10.8. The third-order valence-electron chi connectivity index (χ3n) is 6.08.